The molecule has 4 rings (SSSR count). The molecule has 4 N–H and O–H groups in total. The Balaban J connectivity index is 1.36. The van der Waals surface area contributed by atoms with Gasteiger partial charge in [0.05, 0.1) is 0 Å². The minimum atomic E-state index is -0.192. The summed E-state index contributed by atoms with van der Waals surface area (Å²) in [6.07, 6.45) is 2.98. The lowest BCUT2D eigenvalue weighted by atomic mass is 10.1. The molecule has 2 aliphatic heterocycles. The Kier molecular flexibility index (Phi) is 5.06. The number of likely N-dealkylation sites (tertiary alicyclic amines) is 1. The van der Waals surface area contributed by atoms with Crippen LogP contribution in [0.2, 0.25) is 0 Å². The zero-order valence-corrected chi connectivity index (χ0v) is 15.2. The van der Waals surface area contributed by atoms with E-state index in [1.54, 1.807) is 0 Å². The molecule has 0 saturated carbocycles. The minimum absolute atomic E-state index is 0.0654. The minimum Gasteiger partial charge on any atom is -0.347 e. The zero-order chi connectivity index (χ0) is 18.6. The summed E-state index contributed by atoms with van der Waals surface area (Å²) in [4.78, 5) is 26.5. The van der Waals surface area contributed by atoms with Gasteiger partial charge in [-0.15, -0.1) is 0 Å². The number of hydrogen-bond donors (Lipinski definition) is 4. The number of hydrogen-bond acceptors (Lipinski definition) is 4. The molecule has 2 aromatic rings. The van der Waals surface area contributed by atoms with Gasteiger partial charge in [-0.25, -0.2) is 4.79 Å². The second-order valence-corrected chi connectivity index (χ2v) is 6.96. The van der Waals surface area contributed by atoms with Crippen molar-refractivity contribution >= 4 is 17.6 Å². The number of anilines is 1. The highest BCUT2D eigenvalue weighted by Crippen LogP contribution is 2.16. The number of nitrogens with one attached hydrogen (secondary N) is 4. The molecule has 3 amide bonds. The van der Waals surface area contributed by atoms with E-state index in [9.17, 15) is 9.59 Å². The van der Waals surface area contributed by atoms with Crippen LogP contribution >= 0.6 is 0 Å². The summed E-state index contributed by atoms with van der Waals surface area (Å²) in [5.74, 6) is -0.192. The van der Waals surface area contributed by atoms with E-state index in [-0.39, 0.29) is 11.9 Å². The summed E-state index contributed by atoms with van der Waals surface area (Å²) in [6, 6.07) is 7.48. The number of nitrogens with zero attached hydrogens (tertiary/aromatic N) is 2. The molecule has 1 fully saturated rings. The smallest absolute Gasteiger partial charge is 0.321 e. The zero-order valence-electron chi connectivity index (χ0n) is 15.2. The van der Waals surface area contributed by atoms with E-state index in [1.807, 2.05) is 29.2 Å². The number of carbonyl (C=O) groups is 2. The largest absolute Gasteiger partial charge is 0.347 e. The molecular formula is C19H24N6O2. The number of fused-ring (bicyclic) bond motifs is 1. The lowest BCUT2D eigenvalue weighted by molar-refractivity contribution is 0.0944. The predicted molar refractivity (Wildman–Crippen MR) is 101 cm³/mol. The quantitative estimate of drug-likeness (QED) is 0.658. The van der Waals surface area contributed by atoms with Gasteiger partial charge in [-0.1, -0.05) is 12.1 Å². The second kappa shape index (κ2) is 7.79. The van der Waals surface area contributed by atoms with Gasteiger partial charge in [0.2, 0.25) is 0 Å². The summed E-state index contributed by atoms with van der Waals surface area (Å²) >= 11 is 0. The fourth-order valence-electron chi connectivity index (χ4n) is 3.56. The van der Waals surface area contributed by atoms with E-state index in [0.717, 1.165) is 61.4 Å². The molecule has 8 nitrogen and oxygen atoms in total. The Labute approximate surface area is 157 Å². The van der Waals surface area contributed by atoms with Crippen LogP contribution in [0.1, 0.15) is 40.2 Å². The molecule has 0 spiro atoms. The van der Waals surface area contributed by atoms with Gasteiger partial charge in [0.1, 0.15) is 0 Å². The standard InChI is InChI=1S/C19H24N6O2/c26-18(17-15-12-20-7-6-16(15)23-24-17)21-11-13-4-3-5-14(10-13)22-19(27)25-8-1-2-9-25/h3-5,10,20H,1-2,6-9,11-12H2,(H,21,26)(H,22,27)(H,23,24). The molecule has 2 aliphatic rings. The second-order valence-electron chi connectivity index (χ2n) is 6.96. The monoisotopic (exact) mass is 368 g/mol. The summed E-state index contributed by atoms with van der Waals surface area (Å²) in [5.41, 5.74) is 4.09. The summed E-state index contributed by atoms with van der Waals surface area (Å²) in [5, 5.41) is 16.2. The number of benzene rings is 1. The van der Waals surface area contributed by atoms with Crippen LogP contribution in [0.4, 0.5) is 10.5 Å². The molecule has 1 aromatic carbocycles. The maximum Gasteiger partial charge on any atom is 0.321 e. The third-order valence-electron chi connectivity index (χ3n) is 5.05. The Bertz CT molecular complexity index is 840. The van der Waals surface area contributed by atoms with Crippen molar-refractivity contribution in [1.29, 1.82) is 0 Å². The molecule has 0 bridgehead atoms. The molecule has 1 saturated heterocycles. The van der Waals surface area contributed by atoms with Gasteiger partial charge < -0.3 is 20.9 Å². The van der Waals surface area contributed by atoms with Gasteiger partial charge in [0, 0.05) is 56.1 Å². The molecular weight excluding hydrogens is 344 g/mol. The third-order valence-corrected chi connectivity index (χ3v) is 5.05. The number of aromatic nitrogens is 2. The van der Waals surface area contributed by atoms with Crippen LogP contribution in [-0.2, 0) is 19.5 Å². The lowest BCUT2D eigenvalue weighted by Crippen LogP contribution is -2.32. The third kappa shape index (κ3) is 3.95. The van der Waals surface area contributed by atoms with Gasteiger partial charge in [-0.05, 0) is 30.5 Å². The fourth-order valence-corrected chi connectivity index (χ4v) is 3.56. The molecule has 0 radical (unpaired) electrons. The number of H-pyrrole nitrogens is 1. The number of aromatic amines is 1. The first-order valence-electron chi connectivity index (χ1n) is 9.40. The molecule has 0 aliphatic carbocycles. The number of amides is 3. The Morgan fingerprint density at radius 2 is 2.07 bits per heavy atom. The predicted octanol–water partition coefficient (Wildman–Crippen LogP) is 1.61. The van der Waals surface area contributed by atoms with E-state index in [4.69, 9.17) is 0 Å². The first-order valence-corrected chi connectivity index (χ1v) is 9.40. The van der Waals surface area contributed by atoms with Crippen molar-refractivity contribution in [1.82, 2.24) is 25.7 Å². The van der Waals surface area contributed by atoms with Crippen LogP contribution in [0.5, 0.6) is 0 Å². The van der Waals surface area contributed by atoms with E-state index in [1.165, 1.54) is 0 Å². The van der Waals surface area contributed by atoms with E-state index < -0.39 is 0 Å². The van der Waals surface area contributed by atoms with Crippen molar-refractivity contribution in [3.63, 3.8) is 0 Å². The van der Waals surface area contributed by atoms with Gasteiger partial charge >= 0.3 is 6.03 Å². The summed E-state index contributed by atoms with van der Waals surface area (Å²) < 4.78 is 0. The average Bonchev–Trinajstić information content (AvgIpc) is 3.36. The molecule has 142 valence electrons. The van der Waals surface area contributed by atoms with Crippen LogP contribution in [0.3, 0.4) is 0 Å². The van der Waals surface area contributed by atoms with Crippen LogP contribution in [0, 0.1) is 0 Å². The lowest BCUT2D eigenvalue weighted by Gasteiger charge is -2.16. The van der Waals surface area contributed by atoms with Crippen LogP contribution < -0.4 is 16.0 Å². The van der Waals surface area contributed by atoms with E-state index in [0.29, 0.717) is 18.8 Å². The van der Waals surface area contributed by atoms with Gasteiger partial charge in [0.15, 0.2) is 5.69 Å². The van der Waals surface area contributed by atoms with Crippen LogP contribution in [0.25, 0.3) is 0 Å². The van der Waals surface area contributed by atoms with Crippen LogP contribution in [-0.4, -0.2) is 46.7 Å². The van der Waals surface area contributed by atoms with Gasteiger partial charge in [0.25, 0.3) is 5.91 Å². The SMILES string of the molecule is O=C(NCc1cccc(NC(=O)N2CCCC2)c1)c1n[nH]c2c1CNCC2. The topological polar surface area (TPSA) is 102 Å². The van der Waals surface area contributed by atoms with Crippen molar-refractivity contribution in [2.75, 3.05) is 25.0 Å². The summed E-state index contributed by atoms with van der Waals surface area (Å²) in [7, 11) is 0. The molecule has 8 heteroatoms. The molecule has 0 atom stereocenters. The fraction of sp³-hybridized carbons (Fsp3) is 0.421. The Morgan fingerprint density at radius 3 is 2.93 bits per heavy atom. The van der Waals surface area contributed by atoms with Crippen LogP contribution in [0.15, 0.2) is 24.3 Å². The van der Waals surface area contributed by atoms with Gasteiger partial charge in [-0.2, -0.15) is 5.10 Å². The average molecular weight is 368 g/mol. The van der Waals surface area contributed by atoms with Crippen molar-refractivity contribution in [3.8, 4) is 0 Å². The Hall–Kier alpha value is -2.87. The van der Waals surface area contributed by atoms with Crippen molar-refractivity contribution < 1.29 is 9.59 Å². The van der Waals surface area contributed by atoms with E-state index >= 15 is 0 Å². The maximum atomic E-state index is 12.5. The van der Waals surface area contributed by atoms with E-state index in [2.05, 4.69) is 26.1 Å². The highest BCUT2D eigenvalue weighted by atomic mass is 16.2. The maximum absolute atomic E-state index is 12.5. The Morgan fingerprint density at radius 1 is 1.22 bits per heavy atom. The van der Waals surface area contributed by atoms with Crippen molar-refractivity contribution in [2.24, 2.45) is 0 Å². The molecule has 3 heterocycles. The van der Waals surface area contributed by atoms with Crippen molar-refractivity contribution in [3.05, 3.63) is 46.8 Å². The molecule has 1 aromatic heterocycles. The molecule has 27 heavy (non-hydrogen) atoms. The number of rotatable bonds is 4. The highest BCUT2D eigenvalue weighted by molar-refractivity contribution is 5.94. The molecule has 0 unspecified atom stereocenters. The van der Waals surface area contributed by atoms with Crippen molar-refractivity contribution in [2.45, 2.75) is 32.4 Å². The number of urea groups is 1. The normalized spacial score (nSPS) is 16.1. The first kappa shape index (κ1) is 17.5. The summed E-state index contributed by atoms with van der Waals surface area (Å²) in [6.45, 7) is 3.55. The van der Waals surface area contributed by atoms with Gasteiger partial charge in [-0.3, -0.25) is 9.89 Å². The first-order chi connectivity index (χ1) is 13.2. The highest BCUT2D eigenvalue weighted by Gasteiger charge is 2.21. The number of carbonyl (C=O) groups excluding carboxylic acids is 2.